The second kappa shape index (κ2) is 5.00. The van der Waals surface area contributed by atoms with Gasteiger partial charge in [0.2, 0.25) is 0 Å². The average Bonchev–Trinajstić information content (AvgIpc) is 2.87. The molecule has 1 aromatic carbocycles. The van der Waals surface area contributed by atoms with Crippen molar-refractivity contribution in [3.05, 3.63) is 51.8 Å². The highest BCUT2D eigenvalue weighted by atomic mass is 19.4. The number of nitro benzene ring substituents is 1. The van der Waals surface area contributed by atoms with Gasteiger partial charge in [-0.2, -0.15) is 18.3 Å². The smallest absolute Gasteiger partial charge is 0.294 e. The standard InChI is InChI=1S/C12H8F3N3O3/c1-7(19)10-4-9(18(20)21)2-3-11(10)17-6-8(5-16-17)12(13,14)15/h2-6H,1H3. The predicted molar refractivity (Wildman–Crippen MR) is 65.2 cm³/mol. The zero-order valence-corrected chi connectivity index (χ0v) is 10.6. The van der Waals surface area contributed by atoms with E-state index in [9.17, 15) is 28.1 Å². The Morgan fingerprint density at radius 1 is 1.38 bits per heavy atom. The molecule has 110 valence electrons. The van der Waals surface area contributed by atoms with Crippen molar-refractivity contribution >= 4 is 11.5 Å². The van der Waals surface area contributed by atoms with Gasteiger partial charge in [0.05, 0.1) is 22.4 Å². The molecule has 1 aromatic heterocycles. The van der Waals surface area contributed by atoms with Crippen molar-refractivity contribution in [1.29, 1.82) is 0 Å². The van der Waals surface area contributed by atoms with Crippen LogP contribution in [0, 0.1) is 10.1 Å². The van der Waals surface area contributed by atoms with E-state index < -0.39 is 22.4 Å². The average molecular weight is 299 g/mol. The molecule has 1 heterocycles. The number of Topliss-reactive ketones (excluding diaryl/α,β-unsaturated/α-hetero) is 1. The number of carbonyl (C=O) groups is 1. The predicted octanol–water partition coefficient (Wildman–Crippen LogP) is 3.00. The van der Waals surface area contributed by atoms with Crippen molar-refractivity contribution in [3.8, 4) is 5.69 Å². The summed E-state index contributed by atoms with van der Waals surface area (Å²) in [5.41, 5.74) is -1.34. The van der Waals surface area contributed by atoms with Crippen LogP contribution >= 0.6 is 0 Å². The van der Waals surface area contributed by atoms with Crippen LogP contribution in [0.1, 0.15) is 22.8 Å². The van der Waals surface area contributed by atoms with Gasteiger partial charge in [-0.25, -0.2) is 4.68 Å². The summed E-state index contributed by atoms with van der Waals surface area (Å²) in [6.07, 6.45) is -3.23. The van der Waals surface area contributed by atoms with Crippen LogP contribution in [0.2, 0.25) is 0 Å². The molecule has 0 unspecified atom stereocenters. The van der Waals surface area contributed by atoms with E-state index in [1.165, 1.54) is 6.07 Å². The number of alkyl halides is 3. The first kappa shape index (κ1) is 14.7. The third-order valence-corrected chi connectivity index (χ3v) is 2.73. The Morgan fingerprint density at radius 2 is 2.05 bits per heavy atom. The van der Waals surface area contributed by atoms with E-state index in [0.29, 0.717) is 12.4 Å². The van der Waals surface area contributed by atoms with Crippen LogP contribution in [-0.2, 0) is 6.18 Å². The monoisotopic (exact) mass is 299 g/mol. The molecule has 9 heteroatoms. The number of carbonyl (C=O) groups excluding carboxylic acids is 1. The molecule has 0 radical (unpaired) electrons. The van der Waals surface area contributed by atoms with Crippen LogP contribution in [0.25, 0.3) is 5.69 Å². The Bertz CT molecular complexity index is 722. The van der Waals surface area contributed by atoms with Gasteiger partial charge in [0.25, 0.3) is 5.69 Å². The molecule has 0 bridgehead atoms. The minimum Gasteiger partial charge on any atom is -0.294 e. The number of nitro groups is 1. The fourth-order valence-electron chi connectivity index (χ4n) is 1.72. The van der Waals surface area contributed by atoms with Crippen LogP contribution < -0.4 is 0 Å². The minimum absolute atomic E-state index is 0.0450. The number of ketones is 1. The highest BCUT2D eigenvalue weighted by Gasteiger charge is 2.32. The van der Waals surface area contributed by atoms with Gasteiger partial charge in [-0.3, -0.25) is 14.9 Å². The van der Waals surface area contributed by atoms with Crippen molar-refractivity contribution in [2.45, 2.75) is 13.1 Å². The maximum absolute atomic E-state index is 12.5. The van der Waals surface area contributed by atoms with Gasteiger partial charge in [-0.05, 0) is 13.0 Å². The third kappa shape index (κ3) is 2.91. The summed E-state index contributed by atoms with van der Waals surface area (Å²) in [7, 11) is 0. The third-order valence-electron chi connectivity index (χ3n) is 2.73. The summed E-state index contributed by atoms with van der Waals surface area (Å²) in [4.78, 5) is 21.5. The summed E-state index contributed by atoms with van der Waals surface area (Å²) >= 11 is 0. The number of non-ortho nitro benzene ring substituents is 1. The number of rotatable bonds is 3. The van der Waals surface area contributed by atoms with Gasteiger partial charge in [0.1, 0.15) is 0 Å². The quantitative estimate of drug-likeness (QED) is 0.496. The van der Waals surface area contributed by atoms with Crippen LogP contribution in [0.4, 0.5) is 18.9 Å². The van der Waals surface area contributed by atoms with E-state index in [-0.39, 0.29) is 16.9 Å². The zero-order valence-electron chi connectivity index (χ0n) is 10.6. The molecule has 2 aromatic rings. The lowest BCUT2D eigenvalue weighted by molar-refractivity contribution is -0.384. The molecule has 6 nitrogen and oxygen atoms in total. The first-order valence-electron chi connectivity index (χ1n) is 5.62. The number of benzene rings is 1. The largest absolute Gasteiger partial charge is 0.419 e. The lowest BCUT2D eigenvalue weighted by atomic mass is 10.1. The van der Waals surface area contributed by atoms with E-state index >= 15 is 0 Å². The van der Waals surface area contributed by atoms with Gasteiger partial charge in [0.15, 0.2) is 5.78 Å². The number of halogens is 3. The Labute approximate surface area is 116 Å². The molecular formula is C12H8F3N3O3. The highest BCUT2D eigenvalue weighted by molar-refractivity contribution is 5.98. The van der Waals surface area contributed by atoms with E-state index in [4.69, 9.17) is 0 Å². The lowest BCUT2D eigenvalue weighted by Gasteiger charge is -2.07. The zero-order chi connectivity index (χ0) is 15.8. The van der Waals surface area contributed by atoms with Gasteiger partial charge in [-0.1, -0.05) is 0 Å². The number of nitrogens with zero attached hydrogens (tertiary/aromatic N) is 3. The molecule has 2 rings (SSSR count). The highest BCUT2D eigenvalue weighted by Crippen LogP contribution is 2.30. The van der Waals surface area contributed by atoms with Crippen LogP contribution in [0.15, 0.2) is 30.6 Å². The number of hydrogen-bond donors (Lipinski definition) is 0. The number of hydrogen-bond acceptors (Lipinski definition) is 4. The van der Waals surface area contributed by atoms with Gasteiger partial charge < -0.3 is 0 Å². The molecule has 21 heavy (non-hydrogen) atoms. The number of aromatic nitrogens is 2. The van der Waals surface area contributed by atoms with E-state index in [1.807, 2.05) is 0 Å². The fourth-order valence-corrected chi connectivity index (χ4v) is 1.72. The van der Waals surface area contributed by atoms with Crippen molar-refractivity contribution in [3.63, 3.8) is 0 Å². The summed E-state index contributed by atoms with van der Waals surface area (Å²) in [5.74, 6) is -0.516. The summed E-state index contributed by atoms with van der Waals surface area (Å²) < 4.78 is 38.5. The van der Waals surface area contributed by atoms with Crippen molar-refractivity contribution in [1.82, 2.24) is 9.78 Å². The second-order valence-electron chi connectivity index (χ2n) is 4.19. The fraction of sp³-hybridized carbons (Fsp3) is 0.167. The van der Waals surface area contributed by atoms with Crippen molar-refractivity contribution in [2.75, 3.05) is 0 Å². The normalized spacial score (nSPS) is 11.4. The Balaban J connectivity index is 2.56. The van der Waals surface area contributed by atoms with E-state index in [0.717, 1.165) is 23.7 Å². The molecule has 0 aliphatic rings. The SMILES string of the molecule is CC(=O)c1cc([N+](=O)[O-])ccc1-n1cc(C(F)(F)F)cn1. The van der Waals surface area contributed by atoms with Gasteiger partial charge in [0, 0.05) is 23.9 Å². The van der Waals surface area contributed by atoms with Crippen molar-refractivity contribution in [2.24, 2.45) is 0 Å². The molecule has 0 fully saturated rings. The molecule has 0 aliphatic carbocycles. The Kier molecular flexibility index (Phi) is 3.50. The van der Waals surface area contributed by atoms with Crippen LogP contribution in [-0.4, -0.2) is 20.5 Å². The van der Waals surface area contributed by atoms with Crippen LogP contribution in [0.3, 0.4) is 0 Å². The molecule has 0 atom stereocenters. The molecule has 0 saturated heterocycles. The first-order chi connectivity index (χ1) is 9.70. The molecule has 0 saturated carbocycles. The molecule has 0 aliphatic heterocycles. The maximum Gasteiger partial charge on any atom is 0.419 e. The summed E-state index contributed by atoms with van der Waals surface area (Å²) in [5, 5.41) is 14.2. The first-order valence-corrected chi connectivity index (χ1v) is 5.62. The summed E-state index contributed by atoms with van der Waals surface area (Å²) in [6.45, 7) is 1.16. The van der Waals surface area contributed by atoms with Gasteiger partial charge >= 0.3 is 6.18 Å². The lowest BCUT2D eigenvalue weighted by Crippen LogP contribution is -2.06. The van der Waals surface area contributed by atoms with Crippen molar-refractivity contribution < 1.29 is 22.9 Å². The molecular weight excluding hydrogens is 291 g/mol. The molecule has 0 spiro atoms. The Morgan fingerprint density at radius 3 is 2.52 bits per heavy atom. The Hall–Kier alpha value is -2.71. The van der Waals surface area contributed by atoms with E-state index in [1.54, 1.807) is 0 Å². The van der Waals surface area contributed by atoms with Crippen LogP contribution in [0.5, 0.6) is 0 Å². The van der Waals surface area contributed by atoms with Gasteiger partial charge in [-0.15, -0.1) is 0 Å². The second-order valence-corrected chi connectivity index (χ2v) is 4.19. The maximum atomic E-state index is 12.5. The minimum atomic E-state index is -4.56. The molecule has 0 N–H and O–H groups in total. The molecule has 0 amide bonds. The summed E-state index contributed by atoms with van der Waals surface area (Å²) in [6, 6.07) is 3.28. The topological polar surface area (TPSA) is 78.0 Å². The van der Waals surface area contributed by atoms with E-state index in [2.05, 4.69) is 5.10 Å².